The highest BCUT2D eigenvalue weighted by Crippen LogP contribution is 2.30. The minimum atomic E-state index is -0.0290. The van der Waals surface area contributed by atoms with Crippen molar-refractivity contribution < 1.29 is 4.79 Å². The molecule has 0 N–H and O–H groups in total. The molecule has 0 atom stereocenters. The molecule has 86 valence electrons. The van der Waals surface area contributed by atoms with Gasteiger partial charge in [-0.2, -0.15) is 5.26 Å². The zero-order chi connectivity index (χ0) is 12.3. The molecule has 0 saturated heterocycles. The van der Waals surface area contributed by atoms with Gasteiger partial charge in [0, 0.05) is 10.9 Å². The topological polar surface area (TPSA) is 40.9 Å². The Morgan fingerprint density at radius 2 is 2.24 bits per heavy atom. The summed E-state index contributed by atoms with van der Waals surface area (Å²) in [7, 11) is 0. The van der Waals surface area contributed by atoms with Crippen molar-refractivity contribution in [2.75, 3.05) is 0 Å². The van der Waals surface area contributed by atoms with Crippen LogP contribution in [0.25, 0.3) is 6.08 Å². The Kier molecular flexibility index (Phi) is 3.61. The van der Waals surface area contributed by atoms with Crippen LogP contribution in [0.15, 0.2) is 29.8 Å². The van der Waals surface area contributed by atoms with Crippen LogP contribution in [-0.2, 0) is 4.79 Å². The van der Waals surface area contributed by atoms with E-state index in [2.05, 4.69) is 0 Å². The van der Waals surface area contributed by atoms with E-state index in [1.807, 2.05) is 12.1 Å². The van der Waals surface area contributed by atoms with Crippen LogP contribution in [0.5, 0.6) is 0 Å². The van der Waals surface area contributed by atoms with Crippen molar-refractivity contribution in [2.45, 2.75) is 19.3 Å². The number of nitriles is 1. The number of rotatable bonds is 3. The van der Waals surface area contributed by atoms with E-state index in [9.17, 15) is 4.79 Å². The molecule has 1 aromatic carbocycles. The van der Waals surface area contributed by atoms with Gasteiger partial charge in [0.15, 0.2) is 5.78 Å². The molecule has 0 aromatic heterocycles. The molecule has 3 heteroatoms. The van der Waals surface area contributed by atoms with Gasteiger partial charge in [-0.05, 0) is 36.6 Å². The average Bonchev–Trinajstić information content (AvgIpc) is 2.23. The normalized spacial score (nSPS) is 16.1. The summed E-state index contributed by atoms with van der Waals surface area (Å²) >= 11 is 5.85. The third-order valence-corrected chi connectivity index (χ3v) is 3.26. The molecule has 2 nitrogen and oxygen atoms in total. The van der Waals surface area contributed by atoms with Crippen molar-refractivity contribution in [1.82, 2.24) is 0 Å². The van der Waals surface area contributed by atoms with Crippen LogP contribution in [0.3, 0.4) is 0 Å². The average molecular weight is 246 g/mol. The summed E-state index contributed by atoms with van der Waals surface area (Å²) in [5.41, 5.74) is 1.03. The maximum absolute atomic E-state index is 11.9. The van der Waals surface area contributed by atoms with Crippen molar-refractivity contribution >= 4 is 23.5 Å². The summed E-state index contributed by atoms with van der Waals surface area (Å²) in [5, 5.41) is 9.63. The summed E-state index contributed by atoms with van der Waals surface area (Å²) in [6.45, 7) is 0. The smallest absolute Gasteiger partial charge is 0.176 e. The van der Waals surface area contributed by atoms with E-state index in [1.165, 1.54) is 0 Å². The van der Waals surface area contributed by atoms with Gasteiger partial charge in [0.1, 0.15) is 6.07 Å². The molecule has 0 aliphatic heterocycles. The van der Waals surface area contributed by atoms with Crippen molar-refractivity contribution in [3.8, 4) is 6.07 Å². The van der Waals surface area contributed by atoms with Gasteiger partial charge in [-0.15, -0.1) is 0 Å². The molecule has 0 radical (unpaired) electrons. The molecular formula is C14H12ClNO. The van der Waals surface area contributed by atoms with E-state index < -0.39 is 0 Å². The highest BCUT2D eigenvalue weighted by Gasteiger charge is 2.27. The predicted molar refractivity (Wildman–Crippen MR) is 67.4 cm³/mol. The molecule has 0 heterocycles. The van der Waals surface area contributed by atoms with Gasteiger partial charge < -0.3 is 0 Å². The molecule has 0 bridgehead atoms. The van der Waals surface area contributed by atoms with Crippen LogP contribution in [0, 0.1) is 17.2 Å². The number of Topliss-reactive ketones (excluding diaryl/α,β-unsaturated/α-hetero) is 1. The first-order valence-electron chi connectivity index (χ1n) is 5.62. The molecule has 1 aliphatic carbocycles. The molecule has 1 fully saturated rings. The number of nitrogens with zero attached hydrogens (tertiary/aromatic N) is 1. The number of carbonyl (C=O) groups excluding carboxylic acids is 1. The number of ketones is 1. The molecule has 0 spiro atoms. The summed E-state index contributed by atoms with van der Waals surface area (Å²) in [6.07, 6.45) is 4.53. The van der Waals surface area contributed by atoms with Crippen LogP contribution >= 0.6 is 11.6 Å². The number of allylic oxidation sites excluding steroid dienone is 1. The number of carbonyl (C=O) groups is 1. The highest BCUT2D eigenvalue weighted by atomic mass is 35.5. The number of halogens is 1. The first kappa shape index (κ1) is 11.9. The van der Waals surface area contributed by atoms with Gasteiger partial charge in [0.25, 0.3) is 0 Å². The third-order valence-electron chi connectivity index (χ3n) is 3.02. The maximum atomic E-state index is 11.9. The first-order valence-corrected chi connectivity index (χ1v) is 6.00. The van der Waals surface area contributed by atoms with Gasteiger partial charge in [0.2, 0.25) is 0 Å². The predicted octanol–water partition coefficient (Wildman–Crippen LogP) is 3.62. The molecule has 2 rings (SSSR count). The standard InChI is InChI=1S/C14H12ClNO/c15-13-6-1-3-10(8-13)7-12(9-16)14(17)11-4-2-5-11/h1,3,6-8,11H,2,4-5H2/b12-7-. The lowest BCUT2D eigenvalue weighted by atomic mass is 9.79. The van der Waals surface area contributed by atoms with Crippen LogP contribution < -0.4 is 0 Å². The van der Waals surface area contributed by atoms with E-state index in [0.29, 0.717) is 5.02 Å². The van der Waals surface area contributed by atoms with E-state index in [0.717, 1.165) is 24.8 Å². The molecule has 0 unspecified atom stereocenters. The number of hydrogen-bond acceptors (Lipinski definition) is 2. The Labute approximate surface area is 106 Å². The largest absolute Gasteiger partial charge is 0.293 e. The summed E-state index contributed by atoms with van der Waals surface area (Å²) in [4.78, 5) is 11.9. The van der Waals surface area contributed by atoms with Gasteiger partial charge in [-0.25, -0.2) is 0 Å². The monoisotopic (exact) mass is 245 g/mol. The molecule has 1 saturated carbocycles. The van der Waals surface area contributed by atoms with Crippen molar-refractivity contribution in [2.24, 2.45) is 5.92 Å². The second-order valence-corrected chi connectivity index (χ2v) is 4.65. The molecule has 17 heavy (non-hydrogen) atoms. The van der Waals surface area contributed by atoms with Gasteiger partial charge in [-0.1, -0.05) is 30.2 Å². The Bertz CT molecular complexity index is 509. The molecule has 1 aliphatic rings. The minimum Gasteiger partial charge on any atom is -0.293 e. The van der Waals surface area contributed by atoms with Crippen molar-refractivity contribution in [3.63, 3.8) is 0 Å². The van der Waals surface area contributed by atoms with Gasteiger partial charge in [-0.3, -0.25) is 4.79 Å². The number of benzene rings is 1. The van der Waals surface area contributed by atoms with Crippen molar-refractivity contribution in [1.29, 1.82) is 5.26 Å². The third kappa shape index (κ3) is 2.75. The van der Waals surface area contributed by atoms with E-state index in [1.54, 1.807) is 24.3 Å². The minimum absolute atomic E-state index is 0.0290. The fourth-order valence-electron chi connectivity index (χ4n) is 1.81. The lowest BCUT2D eigenvalue weighted by molar-refractivity contribution is -0.120. The number of hydrogen-bond donors (Lipinski definition) is 0. The van der Waals surface area contributed by atoms with E-state index >= 15 is 0 Å². The lowest BCUT2D eigenvalue weighted by Gasteiger charge is -2.23. The summed E-state index contributed by atoms with van der Waals surface area (Å²) < 4.78 is 0. The Hall–Kier alpha value is -1.59. The Balaban J connectivity index is 2.23. The van der Waals surface area contributed by atoms with Gasteiger partial charge in [0.05, 0.1) is 5.57 Å². The highest BCUT2D eigenvalue weighted by molar-refractivity contribution is 6.30. The van der Waals surface area contributed by atoms with Crippen LogP contribution in [0.4, 0.5) is 0 Å². The van der Waals surface area contributed by atoms with Gasteiger partial charge >= 0.3 is 0 Å². The van der Waals surface area contributed by atoms with Crippen LogP contribution in [-0.4, -0.2) is 5.78 Å². The second kappa shape index (κ2) is 5.16. The van der Waals surface area contributed by atoms with E-state index in [4.69, 9.17) is 16.9 Å². The SMILES string of the molecule is N#C/C(=C/c1cccc(Cl)c1)C(=O)C1CCC1. The molecular weight excluding hydrogens is 234 g/mol. The Morgan fingerprint density at radius 3 is 2.76 bits per heavy atom. The van der Waals surface area contributed by atoms with Crippen LogP contribution in [0.1, 0.15) is 24.8 Å². The summed E-state index contributed by atoms with van der Waals surface area (Å²) in [6, 6.07) is 9.13. The first-order chi connectivity index (χ1) is 8.20. The fourth-order valence-corrected chi connectivity index (χ4v) is 2.01. The second-order valence-electron chi connectivity index (χ2n) is 4.22. The molecule has 1 aromatic rings. The van der Waals surface area contributed by atoms with E-state index in [-0.39, 0.29) is 17.3 Å². The Morgan fingerprint density at radius 1 is 1.47 bits per heavy atom. The zero-order valence-electron chi connectivity index (χ0n) is 9.32. The molecule has 0 amide bonds. The maximum Gasteiger partial charge on any atom is 0.176 e. The summed E-state index contributed by atoms with van der Waals surface area (Å²) in [5.74, 6) is 0.0267. The lowest BCUT2D eigenvalue weighted by Crippen LogP contribution is -2.22. The zero-order valence-corrected chi connectivity index (χ0v) is 10.1. The van der Waals surface area contributed by atoms with Crippen molar-refractivity contribution in [3.05, 3.63) is 40.4 Å². The fraction of sp³-hybridized carbons (Fsp3) is 0.286. The van der Waals surface area contributed by atoms with Crippen LogP contribution in [0.2, 0.25) is 5.02 Å². The quantitative estimate of drug-likeness (QED) is 0.603.